The Morgan fingerprint density at radius 2 is 2.10 bits per heavy atom. The highest BCUT2D eigenvalue weighted by Gasteiger charge is 2.38. The zero-order valence-electron chi connectivity index (χ0n) is 11.3. The van der Waals surface area contributed by atoms with Crippen LogP contribution >= 0.6 is 0 Å². The summed E-state index contributed by atoms with van der Waals surface area (Å²) in [7, 11) is 0. The molecule has 1 atom stereocenters. The number of hydrogen-bond acceptors (Lipinski definition) is 3. The Hall–Kier alpha value is -2.30. The highest BCUT2D eigenvalue weighted by molar-refractivity contribution is 5.96. The summed E-state index contributed by atoms with van der Waals surface area (Å²) in [5.41, 5.74) is 0.794. The van der Waals surface area contributed by atoms with E-state index in [1.165, 1.54) is 12.3 Å². The van der Waals surface area contributed by atoms with Crippen LogP contribution in [0.25, 0.3) is 0 Å². The number of fused-ring (bicyclic) bond motifs is 1. The minimum absolute atomic E-state index is 0.267. The van der Waals surface area contributed by atoms with Crippen molar-refractivity contribution in [3.05, 3.63) is 58.9 Å². The summed E-state index contributed by atoms with van der Waals surface area (Å²) in [6.45, 7) is 3.58. The van der Waals surface area contributed by atoms with Crippen molar-refractivity contribution in [2.45, 2.75) is 25.8 Å². The van der Waals surface area contributed by atoms with Crippen LogP contribution in [0, 0.1) is 12.7 Å². The van der Waals surface area contributed by atoms with E-state index < -0.39 is 5.54 Å². The Morgan fingerprint density at radius 3 is 2.85 bits per heavy atom. The molecule has 2 aromatic rings. The predicted octanol–water partition coefficient (Wildman–Crippen LogP) is 2.13. The molecule has 102 valence electrons. The van der Waals surface area contributed by atoms with Gasteiger partial charge in [-0.15, -0.1) is 0 Å². The molecule has 0 bridgehead atoms. The lowest BCUT2D eigenvalue weighted by atomic mass is 9.83. The molecule has 3 rings (SSSR count). The summed E-state index contributed by atoms with van der Waals surface area (Å²) in [5, 5.41) is 2.87. The van der Waals surface area contributed by atoms with Crippen LogP contribution < -0.4 is 5.32 Å². The average Bonchev–Trinajstić information content (AvgIpc) is 2.38. The second-order valence-electron chi connectivity index (χ2n) is 5.22. The van der Waals surface area contributed by atoms with Crippen LogP contribution in [0.4, 0.5) is 4.39 Å². The lowest BCUT2D eigenvalue weighted by Crippen LogP contribution is -2.50. The van der Waals surface area contributed by atoms with Gasteiger partial charge in [0.15, 0.2) is 0 Å². The third-order valence-electron chi connectivity index (χ3n) is 3.61. The molecule has 1 aromatic heterocycles. The summed E-state index contributed by atoms with van der Waals surface area (Å²) in [4.78, 5) is 20.5. The summed E-state index contributed by atoms with van der Waals surface area (Å²) >= 11 is 0. The molecule has 1 aromatic carbocycles. The van der Waals surface area contributed by atoms with Crippen molar-refractivity contribution in [3.8, 4) is 0 Å². The fourth-order valence-electron chi connectivity index (χ4n) is 2.61. The minimum atomic E-state index is -0.795. The molecule has 0 saturated carbocycles. The smallest absolute Gasteiger partial charge is 0.255 e. The van der Waals surface area contributed by atoms with Gasteiger partial charge in [-0.05, 0) is 19.9 Å². The third-order valence-corrected chi connectivity index (χ3v) is 3.61. The van der Waals surface area contributed by atoms with E-state index in [-0.39, 0.29) is 11.7 Å². The van der Waals surface area contributed by atoms with Gasteiger partial charge in [0, 0.05) is 18.2 Å². The molecule has 1 N–H and O–H groups in total. The van der Waals surface area contributed by atoms with Gasteiger partial charge in [-0.3, -0.25) is 4.79 Å². The van der Waals surface area contributed by atoms with Gasteiger partial charge in [-0.1, -0.05) is 18.2 Å². The van der Waals surface area contributed by atoms with Gasteiger partial charge in [0.25, 0.3) is 5.91 Å². The van der Waals surface area contributed by atoms with E-state index in [2.05, 4.69) is 15.3 Å². The predicted molar refractivity (Wildman–Crippen MR) is 71.7 cm³/mol. The van der Waals surface area contributed by atoms with Crippen molar-refractivity contribution < 1.29 is 9.18 Å². The van der Waals surface area contributed by atoms with E-state index in [4.69, 9.17) is 0 Å². The second-order valence-corrected chi connectivity index (χ2v) is 5.22. The van der Waals surface area contributed by atoms with E-state index >= 15 is 0 Å². The van der Waals surface area contributed by atoms with Crippen LogP contribution in [0.15, 0.2) is 30.5 Å². The SMILES string of the molecule is Cc1ncc2c(n1)CC(C)(c1ccccc1F)NC2=O. The van der Waals surface area contributed by atoms with Crippen molar-refractivity contribution in [1.29, 1.82) is 0 Å². The quantitative estimate of drug-likeness (QED) is 0.864. The van der Waals surface area contributed by atoms with Gasteiger partial charge in [0.1, 0.15) is 11.6 Å². The molecule has 1 aliphatic rings. The van der Waals surface area contributed by atoms with Crippen molar-refractivity contribution in [2.24, 2.45) is 0 Å². The molecule has 4 nitrogen and oxygen atoms in total. The van der Waals surface area contributed by atoms with E-state index in [0.29, 0.717) is 29.1 Å². The first-order valence-electron chi connectivity index (χ1n) is 6.40. The summed E-state index contributed by atoms with van der Waals surface area (Å²) in [6.07, 6.45) is 1.96. The molecule has 1 unspecified atom stereocenters. The lowest BCUT2D eigenvalue weighted by molar-refractivity contribution is 0.0882. The summed E-state index contributed by atoms with van der Waals surface area (Å²) in [5.74, 6) is 0.0101. The fourth-order valence-corrected chi connectivity index (χ4v) is 2.61. The Labute approximate surface area is 116 Å². The van der Waals surface area contributed by atoms with E-state index in [9.17, 15) is 9.18 Å². The molecule has 0 fully saturated rings. The number of nitrogens with zero attached hydrogens (tertiary/aromatic N) is 2. The van der Waals surface area contributed by atoms with Crippen LogP contribution in [0.3, 0.4) is 0 Å². The second kappa shape index (κ2) is 4.37. The van der Waals surface area contributed by atoms with E-state index in [0.717, 1.165) is 0 Å². The highest BCUT2D eigenvalue weighted by atomic mass is 19.1. The molecular formula is C15H14FN3O. The standard InChI is InChI=1S/C15H14FN3O/c1-9-17-8-10-13(18-9)7-15(2,19-14(10)20)11-5-3-4-6-12(11)16/h3-6,8H,7H2,1-2H3,(H,19,20). The maximum atomic E-state index is 14.0. The molecule has 20 heavy (non-hydrogen) atoms. The summed E-state index contributed by atoms with van der Waals surface area (Å²) in [6, 6.07) is 6.48. The lowest BCUT2D eigenvalue weighted by Gasteiger charge is -2.35. The van der Waals surface area contributed by atoms with Crippen LogP contribution in [0.5, 0.6) is 0 Å². The van der Waals surface area contributed by atoms with Crippen LogP contribution in [0.2, 0.25) is 0 Å². The number of carbonyl (C=O) groups excluding carboxylic acids is 1. The molecule has 0 radical (unpaired) electrons. The first-order valence-corrected chi connectivity index (χ1v) is 6.40. The average molecular weight is 271 g/mol. The van der Waals surface area contributed by atoms with Crippen LogP contribution in [-0.4, -0.2) is 15.9 Å². The maximum Gasteiger partial charge on any atom is 0.255 e. The third kappa shape index (κ3) is 1.95. The Balaban J connectivity index is 2.10. The molecule has 1 aliphatic heterocycles. The number of rotatable bonds is 1. The van der Waals surface area contributed by atoms with Crippen molar-refractivity contribution in [3.63, 3.8) is 0 Å². The first kappa shape index (κ1) is 12.7. The number of amides is 1. The van der Waals surface area contributed by atoms with Gasteiger partial charge in [-0.25, -0.2) is 14.4 Å². The van der Waals surface area contributed by atoms with Gasteiger partial charge >= 0.3 is 0 Å². The largest absolute Gasteiger partial charge is 0.342 e. The normalized spacial score (nSPS) is 21.2. The Bertz CT molecular complexity index is 701. The zero-order chi connectivity index (χ0) is 14.3. The molecule has 0 aliphatic carbocycles. The molecule has 5 heteroatoms. The Kier molecular flexibility index (Phi) is 2.78. The van der Waals surface area contributed by atoms with Gasteiger partial charge in [0.2, 0.25) is 0 Å². The first-order chi connectivity index (χ1) is 9.49. The zero-order valence-corrected chi connectivity index (χ0v) is 11.3. The number of hydrogen-bond donors (Lipinski definition) is 1. The highest BCUT2D eigenvalue weighted by Crippen LogP contribution is 2.31. The van der Waals surface area contributed by atoms with Crippen LogP contribution in [-0.2, 0) is 12.0 Å². The number of carbonyl (C=O) groups is 1. The minimum Gasteiger partial charge on any atom is -0.342 e. The molecule has 0 spiro atoms. The fraction of sp³-hybridized carbons (Fsp3) is 0.267. The van der Waals surface area contributed by atoms with E-state index in [1.807, 2.05) is 6.92 Å². The molecule has 1 amide bonds. The molecular weight excluding hydrogens is 257 g/mol. The molecule has 0 saturated heterocycles. The maximum absolute atomic E-state index is 14.0. The number of halogens is 1. The number of aromatic nitrogens is 2. The number of benzene rings is 1. The molecule has 2 heterocycles. The summed E-state index contributed by atoms with van der Waals surface area (Å²) < 4.78 is 14.0. The van der Waals surface area contributed by atoms with Crippen molar-refractivity contribution in [1.82, 2.24) is 15.3 Å². The monoisotopic (exact) mass is 271 g/mol. The van der Waals surface area contributed by atoms with Gasteiger partial charge in [-0.2, -0.15) is 0 Å². The van der Waals surface area contributed by atoms with E-state index in [1.54, 1.807) is 25.1 Å². The van der Waals surface area contributed by atoms with Crippen molar-refractivity contribution in [2.75, 3.05) is 0 Å². The van der Waals surface area contributed by atoms with Crippen LogP contribution in [0.1, 0.15) is 34.4 Å². The van der Waals surface area contributed by atoms with Crippen molar-refractivity contribution >= 4 is 5.91 Å². The number of nitrogens with one attached hydrogen (secondary N) is 1. The van der Waals surface area contributed by atoms with Gasteiger partial charge in [0.05, 0.1) is 16.8 Å². The number of aryl methyl sites for hydroxylation is 1. The Morgan fingerprint density at radius 1 is 1.35 bits per heavy atom. The topological polar surface area (TPSA) is 54.9 Å². The van der Waals surface area contributed by atoms with Gasteiger partial charge < -0.3 is 5.32 Å².